The monoisotopic (exact) mass is 224 g/mol. The Morgan fingerprint density at radius 3 is 2.06 bits per heavy atom. The number of rotatable bonds is 4. The lowest BCUT2D eigenvalue weighted by molar-refractivity contribution is -0.176. The average Bonchev–Trinajstić information content (AvgIpc) is 2.33. The first kappa shape index (κ1) is 15.1. The maximum Gasteiger partial charge on any atom is -0.00779 e. The Balaban J connectivity index is 0.00000106. The van der Waals surface area contributed by atoms with Crippen LogP contribution >= 0.6 is 0 Å². The lowest BCUT2D eigenvalue weighted by Gasteiger charge is -2.32. The molecule has 2 N–H and O–H groups in total. The van der Waals surface area contributed by atoms with Crippen molar-refractivity contribution in [1.82, 2.24) is 0 Å². The van der Waals surface area contributed by atoms with E-state index in [0.29, 0.717) is 5.41 Å². The lowest BCUT2D eigenvalue weighted by Crippen LogP contribution is -2.26. The van der Waals surface area contributed by atoms with Gasteiger partial charge in [0.15, 0.2) is 0 Å². The molecule has 0 aliphatic heterocycles. The Morgan fingerprint density at radius 1 is 1.12 bits per heavy atom. The molecule has 0 amide bonds. The van der Waals surface area contributed by atoms with E-state index in [1.807, 2.05) is 0 Å². The number of hydrogen-bond donors (Lipinski definition) is 2. The van der Waals surface area contributed by atoms with Crippen LogP contribution in [0.2, 0.25) is 0 Å². The molecule has 0 aromatic heterocycles. The molecular weight excluding hydrogens is 200 g/mol. The van der Waals surface area contributed by atoms with Crippen LogP contribution < -0.4 is 0 Å². The van der Waals surface area contributed by atoms with Crippen molar-refractivity contribution in [2.45, 2.75) is 46.0 Å². The van der Waals surface area contributed by atoms with E-state index in [2.05, 4.69) is 58.0 Å². The van der Waals surface area contributed by atoms with Crippen LogP contribution in [0, 0.1) is 5.92 Å². The summed E-state index contributed by atoms with van der Waals surface area (Å²) in [4.78, 5) is 0. The molecule has 0 radical (unpaired) electrons. The zero-order chi connectivity index (χ0) is 12.6. The molecule has 0 saturated carbocycles. The van der Waals surface area contributed by atoms with Crippen molar-refractivity contribution >= 4 is 0 Å². The minimum absolute atomic E-state index is 0.303. The van der Waals surface area contributed by atoms with Crippen molar-refractivity contribution in [1.29, 1.82) is 0 Å². The molecule has 1 unspecified atom stereocenters. The van der Waals surface area contributed by atoms with Gasteiger partial charge < -0.3 is 0 Å². The summed E-state index contributed by atoms with van der Waals surface area (Å²) in [6.07, 6.45) is 2.58. The van der Waals surface area contributed by atoms with Gasteiger partial charge in [0.1, 0.15) is 0 Å². The number of hydrogen-bond acceptors (Lipinski definition) is 2. The van der Waals surface area contributed by atoms with Crippen LogP contribution in [0.4, 0.5) is 0 Å². The van der Waals surface area contributed by atoms with Gasteiger partial charge in [0, 0.05) is 0 Å². The van der Waals surface area contributed by atoms with Gasteiger partial charge in [-0.2, -0.15) is 0 Å². The summed E-state index contributed by atoms with van der Waals surface area (Å²) in [6.45, 7) is 9.32. The molecule has 92 valence electrons. The molecule has 2 heteroatoms. The second-order valence-corrected chi connectivity index (χ2v) is 4.78. The zero-order valence-corrected chi connectivity index (χ0v) is 10.8. The summed E-state index contributed by atoms with van der Waals surface area (Å²) >= 11 is 0. The van der Waals surface area contributed by atoms with E-state index in [-0.39, 0.29) is 0 Å². The van der Waals surface area contributed by atoms with Gasteiger partial charge in [-0.3, -0.25) is 10.5 Å². The third kappa shape index (κ3) is 3.95. The van der Waals surface area contributed by atoms with Crippen molar-refractivity contribution in [3.8, 4) is 0 Å². The molecule has 0 saturated heterocycles. The first-order chi connectivity index (χ1) is 7.59. The molecule has 0 aliphatic rings. The minimum atomic E-state index is 0.303. The highest BCUT2D eigenvalue weighted by Gasteiger charge is 2.26. The topological polar surface area (TPSA) is 40.5 Å². The van der Waals surface area contributed by atoms with E-state index in [9.17, 15) is 0 Å². The van der Waals surface area contributed by atoms with Crippen LogP contribution in [-0.4, -0.2) is 10.5 Å². The van der Waals surface area contributed by atoms with E-state index in [1.54, 1.807) is 0 Å². The van der Waals surface area contributed by atoms with Gasteiger partial charge in [-0.25, -0.2) is 0 Å². The first-order valence-corrected chi connectivity index (χ1v) is 5.84. The van der Waals surface area contributed by atoms with E-state index in [4.69, 9.17) is 10.5 Å². The summed E-state index contributed by atoms with van der Waals surface area (Å²) in [7, 11) is 0. The van der Waals surface area contributed by atoms with Crippen molar-refractivity contribution < 1.29 is 10.5 Å². The van der Waals surface area contributed by atoms with E-state index in [1.165, 1.54) is 18.4 Å². The molecule has 0 fully saturated rings. The van der Waals surface area contributed by atoms with Crippen molar-refractivity contribution in [2.24, 2.45) is 5.92 Å². The molecular formula is C14H24O2. The van der Waals surface area contributed by atoms with Gasteiger partial charge in [-0.1, -0.05) is 70.9 Å². The first-order valence-electron chi connectivity index (χ1n) is 5.84. The van der Waals surface area contributed by atoms with E-state index < -0.39 is 0 Å². The lowest BCUT2D eigenvalue weighted by atomic mass is 9.72. The average molecular weight is 224 g/mol. The molecule has 0 aliphatic carbocycles. The number of benzene rings is 1. The molecule has 1 atom stereocenters. The van der Waals surface area contributed by atoms with Crippen LogP contribution in [0.15, 0.2) is 30.3 Å². The Hall–Kier alpha value is -0.860. The molecule has 1 aromatic rings. The highest BCUT2D eigenvalue weighted by molar-refractivity contribution is 5.24. The summed E-state index contributed by atoms with van der Waals surface area (Å²) < 4.78 is 0. The summed E-state index contributed by atoms with van der Waals surface area (Å²) in [5, 5.41) is 12.0. The third-order valence-electron chi connectivity index (χ3n) is 3.47. The fraction of sp³-hybridized carbons (Fsp3) is 0.571. The van der Waals surface area contributed by atoms with Crippen LogP contribution in [0.3, 0.4) is 0 Å². The van der Waals surface area contributed by atoms with Crippen LogP contribution in [0.1, 0.15) is 46.1 Å². The molecule has 0 bridgehead atoms. The van der Waals surface area contributed by atoms with Gasteiger partial charge in [-0.15, -0.1) is 0 Å². The second kappa shape index (κ2) is 7.42. The SMILES string of the molecule is CCCC(C)C(C)(C)c1ccccc1.OO. The smallest absolute Gasteiger partial charge is 0.00779 e. The minimum Gasteiger partial charge on any atom is -0.255 e. The maximum atomic E-state index is 6.00. The van der Waals surface area contributed by atoms with Crippen molar-refractivity contribution in [3.05, 3.63) is 35.9 Å². The quantitative estimate of drug-likeness (QED) is 0.587. The normalized spacial score (nSPS) is 12.6. The fourth-order valence-electron chi connectivity index (χ4n) is 1.95. The second-order valence-electron chi connectivity index (χ2n) is 4.78. The zero-order valence-electron chi connectivity index (χ0n) is 10.8. The van der Waals surface area contributed by atoms with Crippen LogP contribution in [-0.2, 0) is 5.41 Å². The Morgan fingerprint density at radius 2 is 1.62 bits per heavy atom. The molecule has 0 heterocycles. The fourth-order valence-corrected chi connectivity index (χ4v) is 1.95. The molecule has 1 aromatic carbocycles. The highest BCUT2D eigenvalue weighted by atomic mass is 17.0. The highest BCUT2D eigenvalue weighted by Crippen LogP contribution is 2.33. The molecule has 2 nitrogen and oxygen atoms in total. The van der Waals surface area contributed by atoms with Crippen LogP contribution in [0.25, 0.3) is 0 Å². The van der Waals surface area contributed by atoms with Gasteiger partial charge in [0.05, 0.1) is 0 Å². The molecule has 16 heavy (non-hydrogen) atoms. The predicted molar refractivity (Wildman–Crippen MR) is 68.8 cm³/mol. The predicted octanol–water partition coefficient (Wildman–Crippen LogP) is 4.42. The summed E-state index contributed by atoms with van der Waals surface area (Å²) in [6, 6.07) is 10.8. The summed E-state index contributed by atoms with van der Waals surface area (Å²) in [5.41, 5.74) is 1.76. The Kier molecular flexibility index (Phi) is 7.02. The van der Waals surface area contributed by atoms with Gasteiger partial charge in [0.2, 0.25) is 0 Å². The maximum absolute atomic E-state index is 6.00. The largest absolute Gasteiger partial charge is 0.255 e. The summed E-state index contributed by atoms with van der Waals surface area (Å²) in [5.74, 6) is 0.745. The molecule has 0 spiro atoms. The van der Waals surface area contributed by atoms with Gasteiger partial charge >= 0.3 is 0 Å². The van der Waals surface area contributed by atoms with Crippen LogP contribution in [0.5, 0.6) is 0 Å². The molecule has 1 rings (SSSR count). The Labute approximate surface area is 98.9 Å². The Bertz CT molecular complexity index is 267. The standard InChI is InChI=1S/C14H22.H2O2/c1-5-9-12(2)14(3,4)13-10-7-6-8-11-13;1-2/h6-8,10-12H,5,9H2,1-4H3;1-2H. The van der Waals surface area contributed by atoms with Gasteiger partial charge in [0.25, 0.3) is 0 Å². The third-order valence-corrected chi connectivity index (χ3v) is 3.47. The van der Waals surface area contributed by atoms with E-state index in [0.717, 1.165) is 5.92 Å². The van der Waals surface area contributed by atoms with Gasteiger partial charge in [-0.05, 0) is 16.9 Å². The van der Waals surface area contributed by atoms with Crippen molar-refractivity contribution in [2.75, 3.05) is 0 Å². The van der Waals surface area contributed by atoms with E-state index >= 15 is 0 Å². The van der Waals surface area contributed by atoms with Crippen molar-refractivity contribution in [3.63, 3.8) is 0 Å².